The second-order valence-electron chi connectivity index (χ2n) is 7.61. The van der Waals surface area contributed by atoms with Crippen LogP contribution in [0, 0.1) is 36.5 Å². The maximum atomic E-state index is 3.86. The molecule has 0 amide bonds. The highest BCUT2D eigenvalue weighted by Gasteiger charge is 2.51. The van der Waals surface area contributed by atoms with Gasteiger partial charge in [0.05, 0.1) is 0 Å². The molecule has 4 saturated carbocycles. The first-order valence-corrected chi connectivity index (χ1v) is 10.3. The molecule has 1 heterocycles. The summed E-state index contributed by atoms with van der Waals surface area (Å²) in [6.45, 7) is 5.58. The Balaban J connectivity index is 1.66. The third-order valence-corrected chi connectivity index (χ3v) is 8.28. The first-order chi connectivity index (χ1) is 10.2. The smallest absolute Gasteiger partial charge is 0.0460 e. The van der Waals surface area contributed by atoms with E-state index >= 15 is 0 Å². The molecule has 1 N–H and O–H groups in total. The molecule has 1 aromatic heterocycles. The van der Waals surface area contributed by atoms with Gasteiger partial charge >= 0.3 is 0 Å². The van der Waals surface area contributed by atoms with Crippen molar-refractivity contribution in [2.75, 3.05) is 6.54 Å². The Morgan fingerprint density at radius 2 is 1.81 bits per heavy atom. The van der Waals surface area contributed by atoms with Crippen LogP contribution in [0.1, 0.15) is 54.8 Å². The van der Waals surface area contributed by atoms with Gasteiger partial charge in [0, 0.05) is 20.3 Å². The van der Waals surface area contributed by atoms with Gasteiger partial charge in [-0.3, -0.25) is 0 Å². The van der Waals surface area contributed by atoms with Crippen molar-refractivity contribution in [3.8, 4) is 0 Å². The van der Waals surface area contributed by atoms with Gasteiger partial charge in [0.15, 0.2) is 0 Å². The van der Waals surface area contributed by atoms with Gasteiger partial charge in [0.25, 0.3) is 0 Å². The molecule has 0 aliphatic heterocycles. The molecule has 4 aliphatic carbocycles. The molecule has 21 heavy (non-hydrogen) atoms. The lowest BCUT2D eigenvalue weighted by Gasteiger charge is -2.56. The maximum Gasteiger partial charge on any atom is 0.0460 e. The Morgan fingerprint density at radius 3 is 2.29 bits per heavy atom. The van der Waals surface area contributed by atoms with E-state index in [0.29, 0.717) is 6.04 Å². The Morgan fingerprint density at radius 1 is 1.19 bits per heavy atom. The van der Waals surface area contributed by atoms with E-state index in [1.54, 1.807) is 11.3 Å². The standard InChI is InChI=1S/C18H26BrNS/c1-3-20-17(18-15(19)4-10(2)21-18)16-13-6-11-5-12(8-13)9-14(16)7-11/h4,11-14,16-17,20H,3,5-9H2,1-2H3. The van der Waals surface area contributed by atoms with Gasteiger partial charge in [-0.15, -0.1) is 11.3 Å². The van der Waals surface area contributed by atoms with Crippen molar-refractivity contribution >= 4 is 27.3 Å². The Kier molecular flexibility index (Phi) is 3.96. The van der Waals surface area contributed by atoms with Gasteiger partial charge < -0.3 is 5.32 Å². The quantitative estimate of drug-likeness (QED) is 0.736. The summed E-state index contributed by atoms with van der Waals surface area (Å²) in [5.41, 5.74) is 0. The molecule has 4 bridgehead atoms. The minimum absolute atomic E-state index is 0.582. The monoisotopic (exact) mass is 367 g/mol. The normalized spacial score (nSPS) is 38.9. The van der Waals surface area contributed by atoms with E-state index in [2.05, 4.69) is 41.2 Å². The Hall–Kier alpha value is 0.140. The molecule has 1 unspecified atom stereocenters. The van der Waals surface area contributed by atoms with Crippen LogP contribution in [0.25, 0.3) is 0 Å². The lowest BCUT2D eigenvalue weighted by Crippen LogP contribution is -2.49. The largest absolute Gasteiger partial charge is 0.309 e. The van der Waals surface area contributed by atoms with Gasteiger partial charge in [-0.25, -0.2) is 0 Å². The number of hydrogen-bond donors (Lipinski definition) is 1. The number of thiophene rings is 1. The van der Waals surface area contributed by atoms with Crippen LogP contribution in [0.4, 0.5) is 0 Å². The number of halogens is 1. The van der Waals surface area contributed by atoms with Crippen molar-refractivity contribution in [3.05, 3.63) is 20.3 Å². The third-order valence-electron chi connectivity index (χ3n) is 6.23. The molecule has 3 heteroatoms. The summed E-state index contributed by atoms with van der Waals surface area (Å²) in [5.74, 6) is 4.99. The predicted octanol–water partition coefficient (Wildman–Crippen LogP) is 5.54. The van der Waals surface area contributed by atoms with Crippen molar-refractivity contribution < 1.29 is 0 Å². The van der Waals surface area contributed by atoms with Gasteiger partial charge in [-0.2, -0.15) is 0 Å². The van der Waals surface area contributed by atoms with Crippen molar-refractivity contribution in [2.45, 2.75) is 52.0 Å². The van der Waals surface area contributed by atoms with Gasteiger partial charge in [-0.05, 0) is 97.2 Å². The molecule has 0 radical (unpaired) electrons. The highest BCUT2D eigenvalue weighted by atomic mass is 79.9. The molecular formula is C18H26BrNS. The third kappa shape index (κ3) is 2.53. The lowest BCUT2D eigenvalue weighted by atomic mass is 9.50. The van der Waals surface area contributed by atoms with Crippen LogP contribution < -0.4 is 5.32 Å². The van der Waals surface area contributed by atoms with Crippen molar-refractivity contribution in [2.24, 2.45) is 29.6 Å². The fraction of sp³-hybridized carbons (Fsp3) is 0.778. The molecule has 4 fully saturated rings. The molecule has 4 aliphatic rings. The summed E-state index contributed by atoms with van der Waals surface area (Å²) in [5, 5.41) is 3.86. The zero-order valence-electron chi connectivity index (χ0n) is 13.1. The molecular weight excluding hydrogens is 342 g/mol. The van der Waals surface area contributed by atoms with Crippen LogP contribution in [0.2, 0.25) is 0 Å². The number of hydrogen-bond acceptors (Lipinski definition) is 2. The summed E-state index contributed by atoms with van der Waals surface area (Å²) in [6.07, 6.45) is 7.61. The first-order valence-electron chi connectivity index (χ1n) is 8.65. The van der Waals surface area contributed by atoms with Gasteiger partial charge in [0.1, 0.15) is 0 Å². The number of aryl methyl sites for hydroxylation is 1. The molecule has 1 nitrogen and oxygen atoms in total. The highest BCUT2D eigenvalue weighted by Crippen LogP contribution is 2.60. The second-order valence-corrected chi connectivity index (χ2v) is 9.75. The highest BCUT2D eigenvalue weighted by molar-refractivity contribution is 9.10. The average Bonchev–Trinajstić information content (AvgIpc) is 2.75. The summed E-state index contributed by atoms with van der Waals surface area (Å²) >= 11 is 5.82. The van der Waals surface area contributed by atoms with E-state index in [1.165, 1.54) is 35.0 Å². The van der Waals surface area contributed by atoms with E-state index in [9.17, 15) is 0 Å². The van der Waals surface area contributed by atoms with Crippen molar-refractivity contribution in [3.63, 3.8) is 0 Å². The predicted molar refractivity (Wildman–Crippen MR) is 93.7 cm³/mol. The molecule has 116 valence electrons. The van der Waals surface area contributed by atoms with E-state index in [-0.39, 0.29) is 0 Å². The molecule has 0 aromatic carbocycles. The zero-order chi connectivity index (χ0) is 14.6. The van der Waals surface area contributed by atoms with Crippen LogP contribution in [0.5, 0.6) is 0 Å². The van der Waals surface area contributed by atoms with Crippen LogP contribution in [-0.4, -0.2) is 6.54 Å². The fourth-order valence-electron chi connectivity index (χ4n) is 5.85. The Bertz CT molecular complexity index is 495. The topological polar surface area (TPSA) is 12.0 Å². The van der Waals surface area contributed by atoms with Crippen molar-refractivity contribution in [1.29, 1.82) is 0 Å². The SMILES string of the molecule is CCNC(c1sc(C)cc1Br)C1C2CC3CC(C2)CC1C3. The van der Waals surface area contributed by atoms with Crippen LogP contribution in [0.3, 0.4) is 0 Å². The summed E-state index contributed by atoms with van der Waals surface area (Å²) in [6, 6.07) is 2.89. The lowest BCUT2D eigenvalue weighted by molar-refractivity contribution is -0.0519. The summed E-state index contributed by atoms with van der Waals surface area (Å²) in [7, 11) is 0. The van der Waals surface area contributed by atoms with Crippen molar-refractivity contribution in [1.82, 2.24) is 5.32 Å². The Labute approximate surface area is 141 Å². The second kappa shape index (κ2) is 5.65. The first kappa shape index (κ1) is 14.7. The van der Waals surface area contributed by atoms with Crippen LogP contribution in [0.15, 0.2) is 10.5 Å². The minimum atomic E-state index is 0.582. The number of nitrogens with one attached hydrogen (secondary N) is 1. The van der Waals surface area contributed by atoms with E-state index in [0.717, 1.165) is 36.1 Å². The van der Waals surface area contributed by atoms with E-state index in [4.69, 9.17) is 0 Å². The molecule has 1 aromatic rings. The van der Waals surface area contributed by atoms with E-state index < -0.39 is 0 Å². The minimum Gasteiger partial charge on any atom is -0.309 e. The summed E-state index contributed by atoms with van der Waals surface area (Å²) < 4.78 is 1.34. The summed E-state index contributed by atoms with van der Waals surface area (Å²) in [4.78, 5) is 3.00. The van der Waals surface area contributed by atoms with Crippen LogP contribution >= 0.6 is 27.3 Å². The molecule has 0 saturated heterocycles. The molecule has 0 spiro atoms. The van der Waals surface area contributed by atoms with Crippen LogP contribution in [-0.2, 0) is 0 Å². The zero-order valence-corrected chi connectivity index (χ0v) is 15.5. The maximum absolute atomic E-state index is 3.86. The average molecular weight is 368 g/mol. The van der Waals surface area contributed by atoms with Gasteiger partial charge in [0.2, 0.25) is 0 Å². The van der Waals surface area contributed by atoms with E-state index in [1.807, 2.05) is 11.3 Å². The molecule has 1 atom stereocenters. The fourth-order valence-corrected chi connectivity index (χ4v) is 7.88. The molecule has 5 rings (SSSR count). The van der Waals surface area contributed by atoms with Gasteiger partial charge in [-0.1, -0.05) is 6.92 Å². The number of rotatable bonds is 4.